The van der Waals surface area contributed by atoms with Crippen molar-refractivity contribution in [2.75, 3.05) is 20.6 Å². The minimum atomic E-state index is -2.38. The second kappa shape index (κ2) is 12.1. The molecule has 3 aromatic carbocycles. The van der Waals surface area contributed by atoms with E-state index in [2.05, 4.69) is 86.9 Å². The predicted octanol–water partition coefficient (Wildman–Crippen LogP) is 1.97. The number of aryl methyl sites for hydroxylation is 1. The maximum atomic E-state index is 9.74. The van der Waals surface area contributed by atoms with Gasteiger partial charge in [-0.25, -0.2) is 4.79 Å². The summed E-state index contributed by atoms with van der Waals surface area (Å²) >= 11 is 0. The fraction of sp³-hybridized carbons (Fsp3) is 0.308. The number of carbonyl (C=O) groups excluding carboxylic acids is 1. The molecule has 0 saturated heterocycles. The number of hydrogen-bond donors (Lipinski definition) is 3. The number of carbonyl (C=O) groups is 2. The molecular weight excluding hydrogens is 422 g/mol. The Labute approximate surface area is 193 Å². The Morgan fingerprint density at radius 1 is 0.848 bits per heavy atom. The highest BCUT2D eigenvalue weighted by molar-refractivity contribution is 5.85. The summed E-state index contributed by atoms with van der Waals surface area (Å²) in [6.45, 7) is 1.18. The molecule has 33 heavy (non-hydrogen) atoms. The zero-order valence-corrected chi connectivity index (χ0v) is 18.9. The van der Waals surface area contributed by atoms with E-state index in [-0.39, 0.29) is 0 Å². The van der Waals surface area contributed by atoms with Gasteiger partial charge in [0.05, 0.1) is 26.6 Å². The number of aliphatic hydroxyl groups excluding tert-OH is 2. The number of nitrogens with zero attached hydrogens (tertiary/aromatic N) is 1. The van der Waals surface area contributed by atoms with Gasteiger partial charge >= 0.3 is 5.97 Å². The number of aliphatic carboxylic acids is 2. The van der Waals surface area contributed by atoms with Crippen LogP contribution in [0.5, 0.6) is 0 Å². The Kier molecular flexibility index (Phi) is 9.54. The fourth-order valence-electron chi connectivity index (χ4n) is 3.56. The van der Waals surface area contributed by atoms with Crippen LogP contribution in [-0.2, 0) is 16.0 Å². The van der Waals surface area contributed by atoms with E-state index < -0.39 is 24.1 Å². The highest BCUT2D eigenvalue weighted by Crippen LogP contribution is 2.22. The lowest BCUT2D eigenvalue weighted by Crippen LogP contribution is -2.46. The summed E-state index contributed by atoms with van der Waals surface area (Å²) in [5.41, 5.74) is 2.87. The molecule has 176 valence electrons. The van der Waals surface area contributed by atoms with Crippen LogP contribution in [0.4, 0.5) is 5.69 Å². The van der Waals surface area contributed by atoms with E-state index in [1.165, 1.54) is 41.4 Å². The minimum Gasteiger partial charge on any atom is -0.547 e. The molecule has 0 heterocycles. The van der Waals surface area contributed by atoms with Gasteiger partial charge in [0, 0.05) is 0 Å². The van der Waals surface area contributed by atoms with Crippen LogP contribution in [0.1, 0.15) is 18.4 Å². The highest BCUT2D eigenvalue weighted by Gasteiger charge is 2.24. The van der Waals surface area contributed by atoms with Crippen molar-refractivity contribution in [1.82, 2.24) is 4.48 Å². The third kappa shape index (κ3) is 7.68. The zero-order valence-electron chi connectivity index (χ0n) is 18.9. The average Bonchev–Trinajstić information content (AvgIpc) is 2.81. The Balaban J connectivity index is 0.000000328. The van der Waals surface area contributed by atoms with E-state index in [0.717, 1.165) is 10.9 Å². The first kappa shape index (κ1) is 26.0. The number of aliphatic hydroxyl groups is 2. The minimum absolute atomic E-state index is 0.955. The fourth-order valence-corrected chi connectivity index (χ4v) is 3.56. The Hall–Kier alpha value is -3.26. The van der Waals surface area contributed by atoms with Gasteiger partial charge in [0.15, 0.2) is 6.10 Å². The van der Waals surface area contributed by atoms with Crippen LogP contribution in [0, 0.1) is 0 Å². The maximum Gasteiger partial charge on any atom is 0.335 e. The molecule has 0 amide bonds. The number of benzene rings is 3. The van der Waals surface area contributed by atoms with Gasteiger partial charge in [-0.05, 0) is 47.7 Å². The van der Waals surface area contributed by atoms with E-state index >= 15 is 0 Å². The molecule has 3 rings (SSSR count). The van der Waals surface area contributed by atoms with Crippen molar-refractivity contribution >= 4 is 28.4 Å². The van der Waals surface area contributed by atoms with Crippen molar-refractivity contribution in [3.05, 3.63) is 78.4 Å². The van der Waals surface area contributed by atoms with Gasteiger partial charge in [-0.15, -0.1) is 0 Å². The van der Waals surface area contributed by atoms with E-state index in [1.807, 2.05) is 0 Å². The van der Waals surface area contributed by atoms with Gasteiger partial charge in [-0.3, -0.25) is 4.48 Å². The molecule has 3 aromatic rings. The molecule has 0 spiro atoms. The van der Waals surface area contributed by atoms with Crippen LogP contribution >= 0.6 is 0 Å². The van der Waals surface area contributed by atoms with E-state index in [0.29, 0.717) is 0 Å². The average molecular weight is 454 g/mol. The van der Waals surface area contributed by atoms with Crippen molar-refractivity contribution in [1.29, 1.82) is 0 Å². The predicted molar refractivity (Wildman–Crippen MR) is 126 cm³/mol. The summed E-state index contributed by atoms with van der Waals surface area (Å²) < 4.78 is 0.955. The largest absolute Gasteiger partial charge is 0.547 e. The number of carboxylic acids is 2. The van der Waals surface area contributed by atoms with Crippen LogP contribution in [0.3, 0.4) is 0 Å². The standard InChI is InChI=1S/C22H26N.C4H6O6/c1-23(2,21-15-4-3-5-16-21)18-9-8-12-20-14-10-13-19-11-6-7-17-22(19)20;5-1(3(7)8)2(6)4(9)10/h3-7,10-11,13-17H,8-9,12,18H2,1-2H3;1-2,5-6H,(H,7,8)(H,9,10)/q+1;/p-1. The molecule has 0 fully saturated rings. The molecule has 0 saturated carbocycles. The molecule has 3 N–H and O–H groups in total. The van der Waals surface area contributed by atoms with Crippen LogP contribution < -0.4 is 9.59 Å². The first-order chi connectivity index (χ1) is 15.6. The van der Waals surface area contributed by atoms with Crippen LogP contribution in [0.25, 0.3) is 10.8 Å². The van der Waals surface area contributed by atoms with Crippen LogP contribution in [0.2, 0.25) is 0 Å². The molecule has 7 heteroatoms. The summed E-state index contributed by atoms with van der Waals surface area (Å²) in [5.74, 6) is -3.83. The second-order valence-electron chi connectivity index (χ2n) is 8.39. The van der Waals surface area contributed by atoms with Crippen molar-refractivity contribution in [3.63, 3.8) is 0 Å². The molecule has 0 aliphatic heterocycles. The summed E-state index contributed by atoms with van der Waals surface area (Å²) in [4.78, 5) is 19.4. The monoisotopic (exact) mass is 453 g/mol. The van der Waals surface area contributed by atoms with Crippen LogP contribution in [-0.4, -0.2) is 60.1 Å². The smallest absolute Gasteiger partial charge is 0.335 e. The molecule has 7 nitrogen and oxygen atoms in total. The Bertz CT molecular complexity index is 1030. The number of quaternary nitrogens is 1. The summed E-state index contributed by atoms with van der Waals surface area (Å²) in [7, 11) is 4.60. The van der Waals surface area contributed by atoms with Crippen molar-refractivity contribution < 1.29 is 30.0 Å². The quantitative estimate of drug-likeness (QED) is 0.337. The first-order valence-corrected chi connectivity index (χ1v) is 10.8. The Morgan fingerprint density at radius 2 is 1.45 bits per heavy atom. The Morgan fingerprint density at radius 3 is 2.06 bits per heavy atom. The summed E-state index contributed by atoms with van der Waals surface area (Å²) in [6, 6.07) is 26.2. The van der Waals surface area contributed by atoms with Crippen molar-refractivity contribution in [2.24, 2.45) is 0 Å². The molecule has 2 unspecified atom stereocenters. The molecular formula is C26H31NO6. The van der Waals surface area contributed by atoms with E-state index in [1.54, 1.807) is 0 Å². The van der Waals surface area contributed by atoms with Crippen molar-refractivity contribution in [2.45, 2.75) is 31.5 Å². The molecule has 0 bridgehead atoms. The third-order valence-corrected chi connectivity index (χ3v) is 5.54. The van der Waals surface area contributed by atoms with Gasteiger partial charge in [-0.2, -0.15) is 0 Å². The lowest BCUT2D eigenvalue weighted by atomic mass is 10.00. The summed E-state index contributed by atoms with van der Waals surface area (Å²) in [6.07, 6.45) is -1.06. The molecule has 0 aliphatic carbocycles. The first-order valence-electron chi connectivity index (χ1n) is 10.8. The number of rotatable bonds is 9. The number of para-hydroxylation sites is 1. The third-order valence-electron chi connectivity index (χ3n) is 5.54. The van der Waals surface area contributed by atoms with Crippen LogP contribution in [0.15, 0.2) is 72.8 Å². The lowest BCUT2D eigenvalue weighted by molar-refractivity contribution is -0.318. The number of fused-ring (bicyclic) bond motifs is 1. The van der Waals surface area contributed by atoms with Gasteiger partial charge in [0.2, 0.25) is 0 Å². The number of unbranched alkanes of at least 4 members (excludes halogenated alkanes) is 1. The van der Waals surface area contributed by atoms with Crippen molar-refractivity contribution in [3.8, 4) is 0 Å². The molecule has 0 aromatic heterocycles. The van der Waals surface area contributed by atoms with E-state index in [4.69, 9.17) is 15.3 Å². The van der Waals surface area contributed by atoms with Gasteiger partial charge in [0.25, 0.3) is 0 Å². The van der Waals surface area contributed by atoms with Gasteiger partial charge in [0.1, 0.15) is 11.8 Å². The van der Waals surface area contributed by atoms with Gasteiger partial charge in [-0.1, -0.05) is 60.7 Å². The normalized spacial score (nSPS) is 13.0. The van der Waals surface area contributed by atoms with Gasteiger partial charge < -0.3 is 25.2 Å². The summed E-state index contributed by atoms with van der Waals surface area (Å²) in [5, 5.41) is 36.9. The zero-order chi connectivity index (χ0) is 24.4. The number of hydrogen-bond acceptors (Lipinski definition) is 5. The second-order valence-corrected chi connectivity index (χ2v) is 8.39. The number of carboxylic acid groups (broad SMARTS) is 2. The molecule has 0 radical (unpaired) electrons. The van der Waals surface area contributed by atoms with E-state index in [9.17, 15) is 14.7 Å². The highest BCUT2D eigenvalue weighted by atomic mass is 16.4. The lowest BCUT2D eigenvalue weighted by Gasteiger charge is -2.29. The topological polar surface area (TPSA) is 118 Å². The molecule has 2 atom stereocenters. The maximum absolute atomic E-state index is 9.74. The SMILES string of the molecule is C[N+](C)(CCCCc1cccc2ccccc12)c1ccccc1.O=C([O-])C(O)C(O)C(=O)O. The molecule has 0 aliphatic rings.